The number of halogens is 3. The Balaban J connectivity index is 1.36. The van der Waals surface area contributed by atoms with Crippen LogP contribution in [0.1, 0.15) is 21.9 Å². The Labute approximate surface area is 253 Å². The van der Waals surface area contributed by atoms with Gasteiger partial charge in [0.25, 0.3) is 5.69 Å². The molecule has 4 aromatic rings. The van der Waals surface area contributed by atoms with E-state index in [-0.39, 0.29) is 22.1 Å². The maximum Gasteiger partial charge on any atom is 0.416 e. The molecule has 3 amide bonds. The van der Waals surface area contributed by atoms with Crippen molar-refractivity contribution in [1.29, 1.82) is 0 Å². The number of carbonyl (C=O) groups excluding carboxylic acids is 3. The fourth-order valence-corrected chi connectivity index (χ4v) is 8.04. The smallest absolute Gasteiger partial charge is 0.325 e. The van der Waals surface area contributed by atoms with E-state index in [0.29, 0.717) is 10.4 Å². The zero-order chi connectivity index (χ0) is 31.3. The van der Waals surface area contributed by atoms with Crippen LogP contribution in [0.3, 0.4) is 0 Å². The van der Waals surface area contributed by atoms with Crippen molar-refractivity contribution >= 4 is 57.9 Å². The molecular formula is C28H18F3N5O6S2. The molecular weight excluding hydrogens is 623 g/mol. The maximum absolute atomic E-state index is 13.8. The number of thiazole rings is 1. The average Bonchev–Trinajstić information content (AvgIpc) is 3.43. The van der Waals surface area contributed by atoms with Crippen LogP contribution in [0.15, 0.2) is 82.9 Å². The predicted octanol–water partition coefficient (Wildman–Crippen LogP) is 4.67. The van der Waals surface area contributed by atoms with Gasteiger partial charge in [0.05, 0.1) is 27.1 Å². The summed E-state index contributed by atoms with van der Waals surface area (Å²) in [6, 6.07) is 12.4. The highest BCUT2D eigenvalue weighted by atomic mass is 32.2. The lowest BCUT2D eigenvalue weighted by Crippen LogP contribution is -2.33. The molecule has 1 fully saturated rings. The first-order valence-corrected chi connectivity index (χ1v) is 14.5. The molecule has 11 nitrogen and oxygen atoms in total. The van der Waals surface area contributed by atoms with Crippen LogP contribution in [0, 0.1) is 16.0 Å². The fourth-order valence-electron chi connectivity index (χ4n) is 5.27. The summed E-state index contributed by atoms with van der Waals surface area (Å²) in [4.78, 5) is 69.2. The third-order valence-corrected chi connectivity index (χ3v) is 9.79. The number of imide groups is 1. The number of non-ortho nitro benzene ring substituents is 1. The zero-order valence-corrected chi connectivity index (χ0v) is 23.7. The fraction of sp³-hybridized carbons (Fsp3) is 0.179. The van der Waals surface area contributed by atoms with E-state index >= 15 is 0 Å². The number of nitrogens with one attached hydrogen (secondary N) is 1. The molecule has 2 aliphatic heterocycles. The minimum atomic E-state index is -4.62. The number of benzene rings is 2. The summed E-state index contributed by atoms with van der Waals surface area (Å²) in [6.07, 6.45) is -1.58. The number of fused-ring (bicyclic) bond motifs is 2. The largest absolute Gasteiger partial charge is 0.416 e. The second kappa shape index (κ2) is 11.0. The van der Waals surface area contributed by atoms with E-state index in [4.69, 9.17) is 0 Å². The van der Waals surface area contributed by atoms with Crippen LogP contribution in [0.4, 0.5) is 30.2 Å². The third kappa shape index (κ3) is 5.15. The van der Waals surface area contributed by atoms with Crippen molar-refractivity contribution in [3.05, 3.63) is 109 Å². The highest BCUT2D eigenvalue weighted by Crippen LogP contribution is 2.53. The van der Waals surface area contributed by atoms with E-state index in [1.807, 2.05) is 0 Å². The number of pyridine rings is 1. The number of alkyl halides is 3. The van der Waals surface area contributed by atoms with Crippen molar-refractivity contribution in [2.24, 2.45) is 5.92 Å². The Morgan fingerprint density at radius 1 is 1.05 bits per heavy atom. The number of hydrogen-bond donors (Lipinski definition) is 1. The number of nitrogens with zero attached hydrogens (tertiary/aromatic N) is 4. The van der Waals surface area contributed by atoms with Crippen molar-refractivity contribution in [2.75, 3.05) is 10.2 Å². The van der Waals surface area contributed by atoms with E-state index in [0.717, 1.165) is 50.8 Å². The number of rotatable bonds is 6. The van der Waals surface area contributed by atoms with Gasteiger partial charge in [-0.3, -0.25) is 38.8 Å². The maximum atomic E-state index is 13.8. The van der Waals surface area contributed by atoms with Crippen molar-refractivity contribution in [3.63, 3.8) is 0 Å². The molecule has 0 saturated carbocycles. The number of hydrogen-bond acceptors (Lipinski definition) is 9. The first-order valence-electron chi connectivity index (χ1n) is 12.8. The highest BCUT2D eigenvalue weighted by molar-refractivity contribution is 8.00. The lowest BCUT2D eigenvalue weighted by atomic mass is 9.84. The summed E-state index contributed by atoms with van der Waals surface area (Å²) in [5.74, 6) is -3.67. The summed E-state index contributed by atoms with van der Waals surface area (Å²) < 4.78 is 40.5. The van der Waals surface area contributed by atoms with Crippen LogP contribution in [0.5, 0.6) is 0 Å². The SMILES string of the molecule is O=C(Cn1c2c(sc1=O)[C@@H](c1cccnc1)[C@@H]1C(=O)N(c3ccc([N+](=O)[O-])cc3)C(=O)[C@@H]1S2)Nc1cccc(C(F)(F)F)c1. The predicted molar refractivity (Wildman–Crippen MR) is 153 cm³/mol. The van der Waals surface area contributed by atoms with Crippen LogP contribution < -0.4 is 15.1 Å². The number of nitro groups is 1. The Morgan fingerprint density at radius 2 is 1.80 bits per heavy atom. The summed E-state index contributed by atoms with van der Waals surface area (Å²) in [5.41, 5.74) is -0.590. The lowest BCUT2D eigenvalue weighted by Gasteiger charge is -2.30. The molecule has 2 aromatic carbocycles. The lowest BCUT2D eigenvalue weighted by molar-refractivity contribution is -0.384. The van der Waals surface area contributed by atoms with Gasteiger partial charge in [0.1, 0.15) is 11.8 Å². The quantitative estimate of drug-likeness (QED) is 0.182. The standard InChI is InChI=1S/C28H18F3N5O6S2/c29-28(30,31)15-4-1-5-16(11-15)33-19(37)13-34-26-23(44-27(34)40)20(14-3-2-10-32-12-14)21-22(43-26)25(39)35(24(21)38)17-6-8-18(9-7-17)36(41)42/h1-12,20-22H,13H2,(H,33,37)/t20-,21-,22+/m0/s1. The summed E-state index contributed by atoms with van der Waals surface area (Å²) in [6.45, 7) is -0.556. The van der Waals surface area contributed by atoms with Gasteiger partial charge in [0.2, 0.25) is 17.7 Å². The second-order valence-corrected chi connectivity index (χ2v) is 12.0. The van der Waals surface area contributed by atoms with Gasteiger partial charge in [-0.15, -0.1) is 0 Å². The molecule has 3 atom stereocenters. The van der Waals surface area contributed by atoms with Crippen LogP contribution in [-0.2, 0) is 27.1 Å². The van der Waals surface area contributed by atoms with E-state index in [1.54, 1.807) is 12.1 Å². The van der Waals surface area contributed by atoms with Gasteiger partial charge in [-0.05, 0) is 42.0 Å². The van der Waals surface area contributed by atoms with Crippen molar-refractivity contribution in [2.45, 2.75) is 28.9 Å². The van der Waals surface area contributed by atoms with E-state index in [2.05, 4.69) is 10.3 Å². The minimum Gasteiger partial charge on any atom is -0.325 e. The first kappa shape index (κ1) is 29.3. The molecule has 16 heteroatoms. The molecule has 4 heterocycles. The number of anilines is 2. The van der Waals surface area contributed by atoms with Crippen LogP contribution in [-0.4, -0.2) is 37.4 Å². The molecule has 0 aliphatic carbocycles. The number of amides is 3. The molecule has 1 N–H and O–H groups in total. The molecule has 1 saturated heterocycles. The Morgan fingerprint density at radius 3 is 2.45 bits per heavy atom. The summed E-state index contributed by atoms with van der Waals surface area (Å²) in [5, 5.41) is 12.8. The number of aromatic nitrogens is 2. The number of thioether (sulfide) groups is 1. The molecule has 0 bridgehead atoms. The van der Waals surface area contributed by atoms with E-state index in [1.165, 1.54) is 42.7 Å². The first-order chi connectivity index (χ1) is 20.9. The van der Waals surface area contributed by atoms with Crippen LogP contribution in [0.2, 0.25) is 0 Å². The van der Waals surface area contributed by atoms with Gasteiger partial charge in [-0.2, -0.15) is 13.2 Å². The minimum absolute atomic E-state index is 0.113. The third-order valence-electron chi connectivity index (χ3n) is 7.19. The molecule has 0 spiro atoms. The van der Waals surface area contributed by atoms with Crippen molar-refractivity contribution in [3.8, 4) is 0 Å². The van der Waals surface area contributed by atoms with E-state index < -0.39 is 62.9 Å². The van der Waals surface area contributed by atoms with Gasteiger partial charge in [0, 0.05) is 41.0 Å². The van der Waals surface area contributed by atoms with Gasteiger partial charge < -0.3 is 5.32 Å². The van der Waals surface area contributed by atoms with Crippen LogP contribution >= 0.6 is 23.1 Å². The van der Waals surface area contributed by atoms with Gasteiger partial charge in [-0.25, -0.2) is 4.90 Å². The molecule has 0 unspecified atom stereocenters. The van der Waals surface area contributed by atoms with Gasteiger partial charge in [0.15, 0.2) is 0 Å². The van der Waals surface area contributed by atoms with Crippen molar-refractivity contribution < 1.29 is 32.5 Å². The Kier molecular flexibility index (Phi) is 7.33. The van der Waals surface area contributed by atoms with Gasteiger partial charge in [-0.1, -0.05) is 35.2 Å². The summed E-state index contributed by atoms with van der Waals surface area (Å²) >= 11 is 1.75. The van der Waals surface area contributed by atoms with E-state index in [9.17, 15) is 42.5 Å². The number of nitro benzene ring substituents is 1. The Bertz CT molecular complexity index is 1880. The second-order valence-electron chi connectivity index (χ2n) is 9.86. The zero-order valence-electron chi connectivity index (χ0n) is 22.1. The monoisotopic (exact) mass is 641 g/mol. The topological polar surface area (TPSA) is 145 Å². The average molecular weight is 642 g/mol. The molecule has 2 aliphatic rings. The molecule has 44 heavy (non-hydrogen) atoms. The normalized spacial score (nSPS) is 19.4. The van der Waals surface area contributed by atoms with Crippen molar-refractivity contribution in [1.82, 2.24) is 9.55 Å². The highest BCUT2D eigenvalue weighted by Gasteiger charge is 2.57. The van der Waals surface area contributed by atoms with Gasteiger partial charge >= 0.3 is 11.0 Å². The summed E-state index contributed by atoms with van der Waals surface area (Å²) in [7, 11) is 0. The Hall–Kier alpha value is -4.83. The van der Waals surface area contributed by atoms with Crippen LogP contribution in [0.25, 0.3) is 0 Å². The molecule has 6 rings (SSSR count). The molecule has 0 radical (unpaired) electrons. The molecule has 224 valence electrons. The molecule has 2 aromatic heterocycles. The number of carbonyl (C=O) groups is 3.